The summed E-state index contributed by atoms with van der Waals surface area (Å²) in [6.45, 7) is 0.382. The van der Waals surface area contributed by atoms with Crippen molar-refractivity contribution >= 4 is 27.1 Å². The number of fused-ring (bicyclic) bond motifs is 1. The zero-order chi connectivity index (χ0) is 23.7. The summed E-state index contributed by atoms with van der Waals surface area (Å²) in [4.78, 5) is 29.7. The molecular weight excluding hydrogens is 463 g/mol. The van der Waals surface area contributed by atoms with Gasteiger partial charge in [-0.05, 0) is 55.7 Å². The van der Waals surface area contributed by atoms with E-state index in [1.165, 1.54) is 4.57 Å². The number of hydrogen-bond donors (Lipinski definition) is 1. The second-order valence-corrected chi connectivity index (χ2v) is 10.4. The molecule has 0 amide bonds. The van der Waals surface area contributed by atoms with Crippen LogP contribution in [0.5, 0.6) is 0 Å². The van der Waals surface area contributed by atoms with Gasteiger partial charge in [0.25, 0.3) is 15.6 Å². The van der Waals surface area contributed by atoms with Gasteiger partial charge in [0.05, 0.1) is 10.5 Å². The summed E-state index contributed by atoms with van der Waals surface area (Å²) in [5, 5.41) is 0. The third kappa shape index (κ3) is 3.73. The highest BCUT2D eigenvalue weighted by Gasteiger charge is 2.35. The fourth-order valence-electron chi connectivity index (χ4n) is 3.86. The van der Waals surface area contributed by atoms with Crippen molar-refractivity contribution in [1.29, 1.82) is 0 Å². The molecule has 13 heteroatoms. The monoisotopic (exact) mass is 483 g/mol. The lowest BCUT2D eigenvalue weighted by molar-refractivity contribution is -0.137. The predicted molar refractivity (Wildman–Crippen MR) is 112 cm³/mol. The standard InChI is InChI=1S/C20H20F3N5O4S/c21-20(22,23)13-2-1-3-14(8-13)33(31,32)28-15-16(25-18(28)24)26(9-11-4-5-11)19(30)27(17(15)29)10-12-6-7-12/h1-3,8,11-12H,4-7,9-10H2,(H2,24,25). The average molecular weight is 483 g/mol. The number of aromatic nitrogens is 4. The summed E-state index contributed by atoms with van der Waals surface area (Å²) >= 11 is 0. The smallest absolute Gasteiger partial charge is 0.368 e. The highest BCUT2D eigenvalue weighted by atomic mass is 32.2. The van der Waals surface area contributed by atoms with Crippen LogP contribution in [-0.4, -0.2) is 26.5 Å². The maximum absolute atomic E-state index is 13.4. The average Bonchev–Trinajstić information content (AvgIpc) is 3.67. The highest BCUT2D eigenvalue weighted by Crippen LogP contribution is 2.34. The van der Waals surface area contributed by atoms with Crippen LogP contribution in [0.3, 0.4) is 0 Å². The molecule has 9 nitrogen and oxygen atoms in total. The number of hydrogen-bond acceptors (Lipinski definition) is 6. The Morgan fingerprint density at radius 3 is 2.21 bits per heavy atom. The van der Waals surface area contributed by atoms with Gasteiger partial charge in [-0.1, -0.05) is 6.07 Å². The molecule has 3 aromatic rings. The first-order valence-corrected chi connectivity index (χ1v) is 11.9. The Morgan fingerprint density at radius 1 is 1.03 bits per heavy atom. The van der Waals surface area contributed by atoms with Crippen LogP contribution in [0.4, 0.5) is 19.1 Å². The molecule has 1 aromatic carbocycles. The van der Waals surface area contributed by atoms with Crippen LogP contribution in [0, 0.1) is 11.8 Å². The lowest BCUT2D eigenvalue weighted by Gasteiger charge is -2.13. The number of nitrogen functional groups attached to an aromatic ring is 1. The summed E-state index contributed by atoms with van der Waals surface area (Å²) < 4.78 is 69.0. The second kappa shape index (κ2) is 7.20. The van der Waals surface area contributed by atoms with Crippen LogP contribution in [-0.2, 0) is 29.3 Å². The van der Waals surface area contributed by atoms with E-state index in [0.717, 1.165) is 48.4 Å². The van der Waals surface area contributed by atoms with Crippen LogP contribution in [0.15, 0.2) is 38.8 Å². The van der Waals surface area contributed by atoms with Crippen LogP contribution in [0.1, 0.15) is 31.2 Å². The van der Waals surface area contributed by atoms with Gasteiger partial charge in [0.1, 0.15) is 0 Å². The van der Waals surface area contributed by atoms with Crippen LogP contribution >= 0.6 is 0 Å². The van der Waals surface area contributed by atoms with Gasteiger partial charge in [0.15, 0.2) is 11.2 Å². The van der Waals surface area contributed by atoms with Crippen molar-refractivity contribution in [1.82, 2.24) is 18.1 Å². The first kappa shape index (κ1) is 21.7. The van der Waals surface area contributed by atoms with E-state index in [1.54, 1.807) is 0 Å². The summed E-state index contributed by atoms with van der Waals surface area (Å²) in [5.74, 6) is -0.270. The highest BCUT2D eigenvalue weighted by molar-refractivity contribution is 7.90. The predicted octanol–water partition coefficient (Wildman–Crippen LogP) is 2.02. The van der Waals surface area contributed by atoms with E-state index in [-0.39, 0.29) is 30.6 Å². The molecule has 0 spiro atoms. The lowest BCUT2D eigenvalue weighted by atomic mass is 10.2. The number of nitrogens with two attached hydrogens (primary N) is 1. The van der Waals surface area contributed by atoms with Gasteiger partial charge in [0.2, 0.25) is 5.95 Å². The molecule has 5 rings (SSSR count). The normalized spacial score (nSPS) is 17.1. The van der Waals surface area contributed by atoms with Crippen molar-refractivity contribution < 1.29 is 21.6 Å². The Hall–Kier alpha value is -3.09. The van der Waals surface area contributed by atoms with Crippen molar-refractivity contribution in [2.45, 2.75) is 49.8 Å². The minimum Gasteiger partial charge on any atom is -0.368 e. The maximum atomic E-state index is 13.4. The first-order valence-electron chi connectivity index (χ1n) is 10.4. The second-order valence-electron chi connectivity index (χ2n) is 8.63. The van der Waals surface area contributed by atoms with Gasteiger partial charge in [0, 0.05) is 13.1 Å². The number of alkyl halides is 3. The third-order valence-corrected chi connectivity index (χ3v) is 7.68. The fraction of sp³-hybridized carbons (Fsp3) is 0.450. The van der Waals surface area contributed by atoms with Crippen molar-refractivity contribution in [3.8, 4) is 0 Å². The zero-order valence-electron chi connectivity index (χ0n) is 17.2. The van der Waals surface area contributed by atoms with Gasteiger partial charge in [-0.15, -0.1) is 0 Å². The van der Waals surface area contributed by atoms with Gasteiger partial charge in [-0.2, -0.15) is 22.1 Å². The SMILES string of the molecule is Nc1nc2c(c(=O)n(CC3CC3)c(=O)n2CC2CC2)n1S(=O)(=O)c1cccc(C(F)(F)F)c1. The van der Waals surface area contributed by atoms with Gasteiger partial charge in [-0.3, -0.25) is 13.9 Å². The van der Waals surface area contributed by atoms with Crippen molar-refractivity contribution in [3.63, 3.8) is 0 Å². The van der Waals surface area contributed by atoms with E-state index in [2.05, 4.69) is 4.98 Å². The van der Waals surface area contributed by atoms with Crippen LogP contribution in [0.25, 0.3) is 11.2 Å². The van der Waals surface area contributed by atoms with E-state index in [1.807, 2.05) is 0 Å². The number of nitrogens with zero attached hydrogens (tertiary/aromatic N) is 4. The fourth-order valence-corrected chi connectivity index (χ4v) is 5.28. The minimum absolute atomic E-state index is 0.132. The molecule has 2 aromatic heterocycles. The molecule has 0 unspecified atom stereocenters. The molecule has 2 heterocycles. The molecule has 0 atom stereocenters. The molecule has 33 heavy (non-hydrogen) atoms. The quantitative estimate of drug-likeness (QED) is 0.573. The molecular formula is C20H20F3N5O4S. The molecule has 0 radical (unpaired) electrons. The molecule has 2 aliphatic carbocycles. The van der Waals surface area contributed by atoms with Crippen molar-refractivity contribution in [2.24, 2.45) is 11.8 Å². The first-order chi connectivity index (χ1) is 15.5. The Morgan fingerprint density at radius 2 is 1.64 bits per heavy atom. The third-order valence-electron chi connectivity index (χ3n) is 5.98. The number of anilines is 1. The van der Waals surface area contributed by atoms with Gasteiger partial charge in [-0.25, -0.2) is 13.2 Å². The van der Waals surface area contributed by atoms with Crippen molar-refractivity contribution in [2.75, 3.05) is 5.73 Å². The zero-order valence-corrected chi connectivity index (χ0v) is 18.1. The summed E-state index contributed by atoms with van der Waals surface area (Å²) in [7, 11) is -4.73. The molecule has 2 N–H and O–H groups in total. The lowest BCUT2D eigenvalue weighted by Crippen LogP contribution is -2.41. The Kier molecular flexibility index (Phi) is 4.75. The molecule has 0 aliphatic heterocycles. The van der Waals surface area contributed by atoms with Crippen molar-refractivity contribution in [3.05, 3.63) is 50.7 Å². The van der Waals surface area contributed by atoms with E-state index >= 15 is 0 Å². The van der Waals surface area contributed by atoms with E-state index in [4.69, 9.17) is 5.73 Å². The van der Waals surface area contributed by atoms with Crippen LogP contribution < -0.4 is 17.0 Å². The summed E-state index contributed by atoms with van der Waals surface area (Å²) in [6.07, 6.45) is -1.31. The van der Waals surface area contributed by atoms with Crippen LogP contribution in [0.2, 0.25) is 0 Å². The number of benzene rings is 1. The van der Waals surface area contributed by atoms with Gasteiger partial charge >= 0.3 is 11.9 Å². The van der Waals surface area contributed by atoms with E-state index in [9.17, 15) is 31.2 Å². The largest absolute Gasteiger partial charge is 0.416 e. The molecule has 2 fully saturated rings. The van der Waals surface area contributed by atoms with Gasteiger partial charge < -0.3 is 5.73 Å². The van der Waals surface area contributed by atoms with E-state index < -0.39 is 49.4 Å². The molecule has 2 aliphatic rings. The Labute approximate surface area is 185 Å². The molecule has 2 saturated carbocycles. The molecule has 176 valence electrons. The number of imidazole rings is 1. The Bertz CT molecular complexity index is 1490. The Balaban J connectivity index is 1.78. The molecule has 0 bridgehead atoms. The summed E-state index contributed by atoms with van der Waals surface area (Å²) in [6, 6.07) is 3.16. The number of rotatable bonds is 6. The topological polar surface area (TPSA) is 122 Å². The minimum atomic E-state index is -4.77. The number of halogens is 3. The summed E-state index contributed by atoms with van der Waals surface area (Å²) in [5.41, 5.74) is 2.63. The van der Waals surface area contributed by atoms with E-state index in [0.29, 0.717) is 10.0 Å². The maximum Gasteiger partial charge on any atom is 0.416 e. The molecule has 0 saturated heterocycles.